The molecule has 13 heavy (non-hydrogen) atoms. The van der Waals surface area contributed by atoms with Crippen LogP contribution in [-0.2, 0) is 9.53 Å². The summed E-state index contributed by atoms with van der Waals surface area (Å²) in [4.78, 5) is 10.7. The Balaban J connectivity index is 2.07. The van der Waals surface area contributed by atoms with Crippen LogP contribution in [0.2, 0.25) is 0 Å². The zero-order valence-electron chi connectivity index (χ0n) is 7.38. The molecule has 3 nitrogen and oxygen atoms in total. The van der Waals surface area contributed by atoms with E-state index in [2.05, 4.69) is 0 Å². The van der Waals surface area contributed by atoms with Crippen molar-refractivity contribution < 1.29 is 14.6 Å². The van der Waals surface area contributed by atoms with E-state index in [1.54, 1.807) is 6.08 Å². The van der Waals surface area contributed by atoms with Gasteiger partial charge in [0.2, 0.25) is 0 Å². The molecule has 0 saturated heterocycles. The van der Waals surface area contributed by atoms with Gasteiger partial charge in [0.15, 0.2) is 0 Å². The Morgan fingerprint density at radius 3 is 2.54 bits per heavy atom. The third-order valence-electron chi connectivity index (χ3n) is 2.56. The highest BCUT2D eigenvalue weighted by atomic mass is 16.6. The Kier molecular flexibility index (Phi) is 1.96. The first-order valence-electron chi connectivity index (χ1n) is 4.40. The van der Waals surface area contributed by atoms with E-state index < -0.39 is 12.2 Å². The van der Waals surface area contributed by atoms with E-state index in [0.717, 1.165) is 0 Å². The molecule has 0 aliphatic heterocycles. The number of fused-ring (bicyclic) bond motifs is 1. The van der Waals surface area contributed by atoms with Crippen LogP contribution in [-0.4, -0.2) is 23.3 Å². The lowest BCUT2D eigenvalue weighted by Gasteiger charge is -2.37. The van der Waals surface area contributed by atoms with Gasteiger partial charge in [0.05, 0.1) is 0 Å². The number of hydrogen-bond acceptors (Lipinski definition) is 3. The average Bonchev–Trinajstić information content (AvgIpc) is 1.97. The van der Waals surface area contributed by atoms with Gasteiger partial charge in [0, 0.05) is 18.8 Å². The summed E-state index contributed by atoms with van der Waals surface area (Å²) in [6, 6.07) is 0. The molecule has 0 aromatic carbocycles. The molecule has 1 N–H and O–H groups in total. The van der Waals surface area contributed by atoms with Crippen LogP contribution in [0, 0.1) is 11.8 Å². The first kappa shape index (κ1) is 8.51. The largest absolute Gasteiger partial charge is 0.456 e. The predicted octanol–water partition coefficient (Wildman–Crippen LogP) is 0.651. The summed E-state index contributed by atoms with van der Waals surface area (Å²) in [5.41, 5.74) is 0. The van der Waals surface area contributed by atoms with Crippen molar-refractivity contribution in [2.75, 3.05) is 0 Å². The molecule has 0 aromatic heterocycles. The van der Waals surface area contributed by atoms with Crippen molar-refractivity contribution in [1.29, 1.82) is 0 Å². The fourth-order valence-corrected chi connectivity index (χ4v) is 1.77. The lowest BCUT2D eigenvalue weighted by atomic mass is 9.73. The third kappa shape index (κ3) is 1.40. The maximum absolute atomic E-state index is 10.7. The van der Waals surface area contributed by atoms with Crippen LogP contribution >= 0.6 is 0 Å². The summed E-state index contributed by atoms with van der Waals surface area (Å²) in [5, 5.41) is 9.73. The zero-order valence-corrected chi connectivity index (χ0v) is 7.38. The predicted molar refractivity (Wildman–Crippen MR) is 46.8 cm³/mol. The maximum atomic E-state index is 10.7. The molecule has 0 saturated carbocycles. The SMILES string of the molecule is CC(=O)OC1C=CC2C=CC2C1O. The number of carbonyl (C=O) groups is 1. The molecule has 3 heteroatoms. The van der Waals surface area contributed by atoms with E-state index in [0.29, 0.717) is 5.92 Å². The van der Waals surface area contributed by atoms with Crippen LogP contribution in [0.4, 0.5) is 0 Å². The molecular formula is C10H12O3. The van der Waals surface area contributed by atoms with E-state index in [1.165, 1.54) is 6.92 Å². The Labute approximate surface area is 76.7 Å². The molecule has 0 bridgehead atoms. The Morgan fingerprint density at radius 2 is 2.00 bits per heavy atom. The zero-order chi connectivity index (χ0) is 9.42. The normalized spacial score (nSPS) is 40.8. The molecule has 0 aromatic rings. The van der Waals surface area contributed by atoms with E-state index in [4.69, 9.17) is 4.74 Å². The van der Waals surface area contributed by atoms with Gasteiger partial charge in [-0.1, -0.05) is 18.2 Å². The van der Waals surface area contributed by atoms with Gasteiger partial charge in [-0.05, 0) is 6.08 Å². The van der Waals surface area contributed by atoms with Gasteiger partial charge >= 0.3 is 5.97 Å². The number of rotatable bonds is 1. The molecule has 2 aliphatic rings. The van der Waals surface area contributed by atoms with Gasteiger partial charge in [0.25, 0.3) is 0 Å². The quantitative estimate of drug-likeness (QED) is 0.476. The molecule has 4 atom stereocenters. The van der Waals surface area contributed by atoms with Gasteiger partial charge in [-0.25, -0.2) is 0 Å². The maximum Gasteiger partial charge on any atom is 0.303 e. The van der Waals surface area contributed by atoms with Crippen molar-refractivity contribution in [3.05, 3.63) is 24.3 Å². The fraction of sp³-hybridized carbons (Fsp3) is 0.500. The summed E-state index contributed by atoms with van der Waals surface area (Å²) in [7, 11) is 0. The molecule has 4 unspecified atom stereocenters. The highest BCUT2D eigenvalue weighted by Crippen LogP contribution is 2.35. The lowest BCUT2D eigenvalue weighted by molar-refractivity contribution is -0.151. The lowest BCUT2D eigenvalue weighted by Crippen LogP contribution is -2.43. The number of carbonyl (C=O) groups excluding carboxylic acids is 1. The smallest absolute Gasteiger partial charge is 0.303 e. The second-order valence-electron chi connectivity index (χ2n) is 3.49. The highest BCUT2D eigenvalue weighted by Gasteiger charge is 2.37. The number of ether oxygens (including phenoxy) is 1. The van der Waals surface area contributed by atoms with Crippen molar-refractivity contribution in [2.24, 2.45) is 11.8 Å². The van der Waals surface area contributed by atoms with Crippen LogP contribution < -0.4 is 0 Å². The summed E-state index contributed by atoms with van der Waals surface area (Å²) in [6.07, 6.45) is 6.68. The van der Waals surface area contributed by atoms with Crippen LogP contribution in [0.3, 0.4) is 0 Å². The molecule has 2 aliphatic carbocycles. The van der Waals surface area contributed by atoms with Crippen molar-refractivity contribution >= 4 is 5.97 Å². The fourth-order valence-electron chi connectivity index (χ4n) is 1.77. The summed E-state index contributed by atoms with van der Waals surface area (Å²) < 4.78 is 4.95. The third-order valence-corrected chi connectivity index (χ3v) is 2.56. The van der Waals surface area contributed by atoms with Gasteiger partial charge in [-0.2, -0.15) is 0 Å². The number of hydrogen-bond donors (Lipinski definition) is 1. The number of allylic oxidation sites excluding steroid dienone is 2. The number of aliphatic hydroxyl groups is 1. The standard InChI is InChI=1S/C10H12O3/c1-6(11)13-9-5-3-7-2-4-8(7)10(9)12/h2-5,7-10,12H,1H3. The van der Waals surface area contributed by atoms with E-state index in [9.17, 15) is 9.90 Å². The Hall–Kier alpha value is -1.09. The minimum Gasteiger partial charge on any atom is -0.456 e. The Bertz CT molecular complexity index is 280. The summed E-state index contributed by atoms with van der Waals surface area (Å²) >= 11 is 0. The first-order valence-corrected chi connectivity index (χ1v) is 4.40. The van der Waals surface area contributed by atoms with Gasteiger partial charge in [0.1, 0.15) is 12.2 Å². The monoisotopic (exact) mass is 180 g/mol. The summed E-state index contributed by atoms with van der Waals surface area (Å²) in [5.74, 6) is 0.117. The molecule has 2 rings (SSSR count). The van der Waals surface area contributed by atoms with E-state index in [-0.39, 0.29) is 11.9 Å². The van der Waals surface area contributed by atoms with Crippen molar-refractivity contribution in [3.63, 3.8) is 0 Å². The first-order chi connectivity index (χ1) is 6.18. The second-order valence-corrected chi connectivity index (χ2v) is 3.49. The molecule has 0 spiro atoms. The van der Waals surface area contributed by atoms with Crippen LogP contribution in [0.1, 0.15) is 6.92 Å². The van der Waals surface area contributed by atoms with Crippen LogP contribution in [0.5, 0.6) is 0 Å². The highest BCUT2D eigenvalue weighted by molar-refractivity contribution is 5.66. The van der Waals surface area contributed by atoms with Crippen molar-refractivity contribution in [3.8, 4) is 0 Å². The van der Waals surface area contributed by atoms with E-state index in [1.807, 2.05) is 18.2 Å². The van der Waals surface area contributed by atoms with Crippen LogP contribution in [0.25, 0.3) is 0 Å². The average molecular weight is 180 g/mol. The summed E-state index contributed by atoms with van der Waals surface area (Å²) in [6.45, 7) is 1.35. The number of esters is 1. The molecule has 0 fully saturated rings. The molecule has 70 valence electrons. The molecular weight excluding hydrogens is 168 g/mol. The van der Waals surface area contributed by atoms with Crippen molar-refractivity contribution in [2.45, 2.75) is 19.1 Å². The van der Waals surface area contributed by atoms with Gasteiger partial charge in [-0.15, -0.1) is 0 Å². The van der Waals surface area contributed by atoms with E-state index >= 15 is 0 Å². The minimum atomic E-state index is -0.580. The number of aliphatic hydroxyl groups excluding tert-OH is 1. The van der Waals surface area contributed by atoms with Gasteiger partial charge in [-0.3, -0.25) is 4.79 Å². The topological polar surface area (TPSA) is 46.5 Å². The molecule has 0 heterocycles. The Morgan fingerprint density at radius 1 is 1.31 bits per heavy atom. The second kappa shape index (κ2) is 3.00. The minimum absolute atomic E-state index is 0.134. The molecule has 0 amide bonds. The molecule has 0 radical (unpaired) electrons. The van der Waals surface area contributed by atoms with Crippen molar-refractivity contribution in [1.82, 2.24) is 0 Å². The van der Waals surface area contributed by atoms with Gasteiger partial charge < -0.3 is 9.84 Å². The van der Waals surface area contributed by atoms with Crippen LogP contribution in [0.15, 0.2) is 24.3 Å².